The van der Waals surface area contributed by atoms with Crippen molar-refractivity contribution in [1.29, 1.82) is 0 Å². The SMILES string of the molecule is CCC(CC)(CO)CNc1cc(C)cc([N+](=O)[O-])c1. The molecule has 0 atom stereocenters. The van der Waals surface area contributed by atoms with Crippen LogP contribution in [0.1, 0.15) is 32.3 Å². The molecule has 0 saturated heterocycles. The summed E-state index contributed by atoms with van der Waals surface area (Å²) in [5.41, 5.74) is 1.49. The molecule has 0 spiro atoms. The van der Waals surface area contributed by atoms with Crippen molar-refractivity contribution >= 4 is 11.4 Å². The second-order valence-electron chi connectivity index (χ2n) is 5.03. The van der Waals surface area contributed by atoms with Gasteiger partial charge < -0.3 is 10.4 Å². The van der Waals surface area contributed by atoms with Crippen molar-refractivity contribution in [2.45, 2.75) is 33.6 Å². The Hall–Kier alpha value is -1.62. The van der Waals surface area contributed by atoms with Crippen LogP contribution in [0.4, 0.5) is 11.4 Å². The lowest BCUT2D eigenvalue weighted by atomic mass is 9.83. The summed E-state index contributed by atoms with van der Waals surface area (Å²) in [5, 5.41) is 23.5. The average Bonchev–Trinajstić information content (AvgIpc) is 2.40. The van der Waals surface area contributed by atoms with Crippen molar-refractivity contribution in [2.75, 3.05) is 18.5 Å². The number of anilines is 1. The lowest BCUT2D eigenvalue weighted by Gasteiger charge is -2.30. The van der Waals surface area contributed by atoms with Gasteiger partial charge in [-0.3, -0.25) is 10.1 Å². The van der Waals surface area contributed by atoms with E-state index in [4.69, 9.17) is 0 Å². The molecule has 1 rings (SSSR count). The molecule has 0 fully saturated rings. The van der Waals surface area contributed by atoms with E-state index in [-0.39, 0.29) is 17.7 Å². The van der Waals surface area contributed by atoms with E-state index in [9.17, 15) is 15.2 Å². The van der Waals surface area contributed by atoms with Gasteiger partial charge in [-0.1, -0.05) is 13.8 Å². The molecule has 0 aliphatic carbocycles. The fraction of sp³-hybridized carbons (Fsp3) is 0.571. The fourth-order valence-electron chi connectivity index (χ4n) is 2.04. The number of aliphatic hydroxyl groups excluding tert-OH is 1. The molecule has 0 aliphatic heterocycles. The normalized spacial score (nSPS) is 11.4. The first-order valence-electron chi connectivity index (χ1n) is 6.57. The summed E-state index contributed by atoms with van der Waals surface area (Å²) < 4.78 is 0. The molecule has 5 heteroatoms. The Kier molecular flexibility index (Phi) is 5.30. The van der Waals surface area contributed by atoms with Crippen LogP contribution in [0, 0.1) is 22.5 Å². The molecular weight excluding hydrogens is 244 g/mol. The molecule has 19 heavy (non-hydrogen) atoms. The zero-order valence-electron chi connectivity index (χ0n) is 11.8. The quantitative estimate of drug-likeness (QED) is 0.587. The molecule has 0 heterocycles. The first kappa shape index (κ1) is 15.4. The number of hydrogen-bond donors (Lipinski definition) is 2. The predicted octanol–water partition coefficient (Wildman–Crippen LogP) is 3.11. The van der Waals surface area contributed by atoms with E-state index in [1.54, 1.807) is 6.07 Å². The van der Waals surface area contributed by atoms with Crippen LogP contribution in [-0.4, -0.2) is 23.2 Å². The van der Waals surface area contributed by atoms with E-state index < -0.39 is 4.92 Å². The van der Waals surface area contributed by atoms with E-state index in [0.29, 0.717) is 6.54 Å². The third-order valence-electron chi connectivity index (χ3n) is 3.78. The number of rotatable bonds is 7. The average molecular weight is 266 g/mol. The molecule has 0 aliphatic rings. The topological polar surface area (TPSA) is 75.4 Å². The molecule has 0 unspecified atom stereocenters. The number of nitrogens with one attached hydrogen (secondary N) is 1. The Balaban J connectivity index is 2.85. The fourth-order valence-corrected chi connectivity index (χ4v) is 2.04. The molecule has 0 saturated carbocycles. The van der Waals surface area contributed by atoms with Crippen LogP contribution in [0.2, 0.25) is 0 Å². The van der Waals surface area contributed by atoms with E-state index in [1.165, 1.54) is 6.07 Å². The summed E-state index contributed by atoms with van der Waals surface area (Å²) in [7, 11) is 0. The maximum Gasteiger partial charge on any atom is 0.271 e. The van der Waals surface area contributed by atoms with Crippen molar-refractivity contribution in [3.63, 3.8) is 0 Å². The Labute approximate surface area is 113 Å². The highest BCUT2D eigenvalue weighted by molar-refractivity contribution is 5.53. The van der Waals surface area contributed by atoms with E-state index in [1.807, 2.05) is 26.8 Å². The molecule has 2 N–H and O–H groups in total. The maximum atomic E-state index is 10.8. The van der Waals surface area contributed by atoms with Gasteiger partial charge in [-0.15, -0.1) is 0 Å². The standard InChI is InChI=1S/C14H22N2O3/c1-4-14(5-2,10-17)9-15-12-6-11(3)7-13(8-12)16(18)19/h6-8,15,17H,4-5,9-10H2,1-3H3. The molecule has 5 nitrogen and oxygen atoms in total. The second-order valence-corrected chi connectivity index (χ2v) is 5.03. The third-order valence-corrected chi connectivity index (χ3v) is 3.78. The zero-order valence-corrected chi connectivity index (χ0v) is 11.8. The van der Waals surface area contributed by atoms with Crippen LogP contribution in [-0.2, 0) is 0 Å². The molecule has 0 aromatic heterocycles. The minimum Gasteiger partial charge on any atom is -0.396 e. The van der Waals surface area contributed by atoms with E-state index in [2.05, 4.69) is 5.32 Å². The zero-order chi connectivity index (χ0) is 14.5. The first-order chi connectivity index (χ1) is 8.96. The monoisotopic (exact) mass is 266 g/mol. The lowest BCUT2D eigenvalue weighted by Crippen LogP contribution is -2.32. The van der Waals surface area contributed by atoms with Gasteiger partial charge in [-0.05, 0) is 31.4 Å². The highest BCUT2D eigenvalue weighted by Gasteiger charge is 2.25. The van der Waals surface area contributed by atoms with E-state index >= 15 is 0 Å². The molecule has 1 aromatic rings. The van der Waals surface area contributed by atoms with E-state index in [0.717, 1.165) is 24.1 Å². The number of aliphatic hydroxyl groups is 1. The Morgan fingerprint density at radius 2 is 1.95 bits per heavy atom. The minimum absolute atomic E-state index is 0.0881. The first-order valence-corrected chi connectivity index (χ1v) is 6.57. The Morgan fingerprint density at radius 3 is 2.42 bits per heavy atom. The Morgan fingerprint density at radius 1 is 1.32 bits per heavy atom. The number of hydrogen-bond acceptors (Lipinski definition) is 4. The van der Waals surface area contributed by atoms with Crippen molar-refractivity contribution in [2.24, 2.45) is 5.41 Å². The molecule has 0 bridgehead atoms. The predicted molar refractivity (Wildman–Crippen MR) is 76.4 cm³/mol. The number of nitro benzene ring substituents is 1. The molecule has 0 amide bonds. The van der Waals surface area contributed by atoms with Gasteiger partial charge >= 0.3 is 0 Å². The summed E-state index contributed by atoms with van der Waals surface area (Å²) >= 11 is 0. The molecule has 0 radical (unpaired) electrons. The van der Waals surface area contributed by atoms with Gasteiger partial charge in [0.25, 0.3) is 5.69 Å². The highest BCUT2D eigenvalue weighted by atomic mass is 16.6. The van der Waals surface area contributed by atoms with Crippen LogP contribution in [0.5, 0.6) is 0 Å². The summed E-state index contributed by atoms with van der Waals surface area (Å²) in [6, 6.07) is 4.95. The maximum absolute atomic E-state index is 10.8. The summed E-state index contributed by atoms with van der Waals surface area (Å²) in [5.74, 6) is 0. The number of aryl methyl sites for hydroxylation is 1. The van der Waals surface area contributed by atoms with Crippen LogP contribution < -0.4 is 5.32 Å². The largest absolute Gasteiger partial charge is 0.396 e. The highest BCUT2D eigenvalue weighted by Crippen LogP contribution is 2.27. The van der Waals surface area contributed by atoms with Gasteiger partial charge in [0.05, 0.1) is 11.5 Å². The van der Waals surface area contributed by atoms with Gasteiger partial charge in [0.15, 0.2) is 0 Å². The molecule has 106 valence electrons. The summed E-state index contributed by atoms with van der Waals surface area (Å²) in [6.07, 6.45) is 1.72. The van der Waals surface area contributed by atoms with Crippen molar-refractivity contribution in [1.82, 2.24) is 0 Å². The van der Waals surface area contributed by atoms with Crippen LogP contribution in [0.3, 0.4) is 0 Å². The number of benzene rings is 1. The summed E-state index contributed by atoms with van der Waals surface area (Å²) in [6.45, 7) is 6.63. The molecular formula is C14H22N2O3. The van der Waals surface area contributed by atoms with Gasteiger partial charge in [-0.25, -0.2) is 0 Å². The third kappa shape index (κ3) is 3.92. The van der Waals surface area contributed by atoms with Gasteiger partial charge in [0, 0.05) is 29.8 Å². The van der Waals surface area contributed by atoms with Crippen LogP contribution in [0.25, 0.3) is 0 Å². The summed E-state index contributed by atoms with van der Waals surface area (Å²) in [4.78, 5) is 10.4. The smallest absolute Gasteiger partial charge is 0.271 e. The van der Waals surface area contributed by atoms with Gasteiger partial charge in [0.2, 0.25) is 0 Å². The van der Waals surface area contributed by atoms with Crippen molar-refractivity contribution in [3.05, 3.63) is 33.9 Å². The van der Waals surface area contributed by atoms with Gasteiger partial charge in [0.1, 0.15) is 0 Å². The van der Waals surface area contributed by atoms with Crippen molar-refractivity contribution < 1.29 is 10.0 Å². The van der Waals surface area contributed by atoms with Crippen LogP contribution >= 0.6 is 0 Å². The lowest BCUT2D eigenvalue weighted by molar-refractivity contribution is -0.384. The molecule has 1 aromatic carbocycles. The second kappa shape index (κ2) is 6.52. The number of nitro groups is 1. The van der Waals surface area contributed by atoms with Crippen LogP contribution in [0.15, 0.2) is 18.2 Å². The minimum atomic E-state index is -0.392. The number of nitrogens with zero attached hydrogens (tertiary/aromatic N) is 1. The number of non-ortho nitro benzene ring substituents is 1. The Bertz CT molecular complexity index is 434. The van der Waals surface area contributed by atoms with Crippen molar-refractivity contribution in [3.8, 4) is 0 Å². The van der Waals surface area contributed by atoms with Gasteiger partial charge in [-0.2, -0.15) is 0 Å².